The van der Waals surface area contributed by atoms with Crippen molar-refractivity contribution in [2.45, 2.75) is 141 Å². The molecule has 0 heterocycles. The van der Waals surface area contributed by atoms with Crippen LogP contribution in [0.25, 0.3) is 0 Å². The van der Waals surface area contributed by atoms with Gasteiger partial charge in [0.25, 0.3) is 0 Å². The van der Waals surface area contributed by atoms with Gasteiger partial charge in [0.1, 0.15) is 0 Å². The van der Waals surface area contributed by atoms with E-state index in [1.807, 2.05) is 0 Å². The Balaban J connectivity index is 0. The van der Waals surface area contributed by atoms with Gasteiger partial charge in [-0.25, -0.2) is 0 Å². The lowest BCUT2D eigenvalue weighted by Gasteiger charge is -2.26. The Bertz CT molecular complexity index is 757. The van der Waals surface area contributed by atoms with Crippen molar-refractivity contribution in [1.82, 2.24) is 0 Å². The summed E-state index contributed by atoms with van der Waals surface area (Å²) in [7, 11) is 0. The molecule has 3 rings (SSSR count). The molecule has 1 saturated carbocycles. The lowest BCUT2D eigenvalue weighted by molar-refractivity contribution is 0.235. The third kappa shape index (κ3) is 12.7. The van der Waals surface area contributed by atoms with Crippen molar-refractivity contribution in [3.63, 3.8) is 0 Å². The van der Waals surface area contributed by atoms with Gasteiger partial charge in [0.05, 0.1) is 0 Å². The van der Waals surface area contributed by atoms with E-state index in [9.17, 15) is 0 Å². The highest BCUT2D eigenvalue weighted by Gasteiger charge is 2.31. The molecule has 0 radical (unpaired) electrons. The summed E-state index contributed by atoms with van der Waals surface area (Å²) in [6.45, 7) is 27.5. The van der Waals surface area contributed by atoms with Gasteiger partial charge in [0.2, 0.25) is 0 Å². The molecule has 0 amide bonds. The Hall–Kier alpha value is -1.56. The van der Waals surface area contributed by atoms with Crippen molar-refractivity contribution >= 4 is 0 Å². The monoisotopic (exact) mass is 511 g/mol. The number of benzene rings is 2. The summed E-state index contributed by atoms with van der Waals surface area (Å²) >= 11 is 0. The zero-order valence-electron chi connectivity index (χ0n) is 25.4. The Kier molecular flexibility index (Phi) is 18.9. The normalized spacial score (nSPS) is 16.8. The van der Waals surface area contributed by atoms with Gasteiger partial charge in [-0.3, -0.25) is 0 Å². The molecule has 2 aromatic rings. The Morgan fingerprint density at radius 2 is 0.838 bits per heavy atom. The fourth-order valence-electron chi connectivity index (χ4n) is 5.51. The second kappa shape index (κ2) is 18.7. The fourth-order valence-corrected chi connectivity index (χ4v) is 5.51. The molecule has 0 N–H and O–H groups in total. The van der Waals surface area contributed by atoms with Crippen molar-refractivity contribution in [2.24, 2.45) is 23.7 Å². The van der Waals surface area contributed by atoms with Crippen LogP contribution in [0.3, 0.4) is 0 Å². The topological polar surface area (TPSA) is 0 Å². The van der Waals surface area contributed by atoms with Crippen LogP contribution in [0.4, 0.5) is 0 Å². The quantitative estimate of drug-likeness (QED) is 0.362. The number of hydrogen-bond donors (Lipinski definition) is 0. The molecule has 214 valence electrons. The SMILES string of the molecule is C.C.CC(C)C1CCCC1C(C)C.CC(C)c1cccc(C(C)C)c1.CC(C)c1ccccc1C(C)C. The predicted molar refractivity (Wildman–Crippen MR) is 173 cm³/mol. The molecule has 1 aliphatic carbocycles. The summed E-state index contributed by atoms with van der Waals surface area (Å²) in [5.74, 6) is 6.43. The third-order valence-electron chi connectivity index (χ3n) is 7.82. The summed E-state index contributed by atoms with van der Waals surface area (Å²) < 4.78 is 0. The maximum absolute atomic E-state index is 2.38. The van der Waals surface area contributed by atoms with Crippen LogP contribution in [0.5, 0.6) is 0 Å². The maximum atomic E-state index is 2.38. The molecule has 2 aromatic carbocycles. The average Bonchev–Trinajstić information content (AvgIpc) is 3.31. The molecule has 0 aromatic heterocycles. The van der Waals surface area contributed by atoms with Gasteiger partial charge in [0.15, 0.2) is 0 Å². The minimum atomic E-state index is 0. The van der Waals surface area contributed by atoms with Crippen molar-refractivity contribution in [2.75, 3.05) is 0 Å². The first-order valence-electron chi connectivity index (χ1n) is 14.5. The van der Waals surface area contributed by atoms with Crippen LogP contribution in [-0.4, -0.2) is 0 Å². The first-order valence-corrected chi connectivity index (χ1v) is 14.5. The smallest absolute Gasteiger partial charge is 0.0216 e. The van der Waals surface area contributed by atoms with E-state index < -0.39 is 0 Å². The molecule has 0 nitrogen and oxygen atoms in total. The first-order chi connectivity index (χ1) is 16.4. The highest BCUT2D eigenvalue weighted by Crippen LogP contribution is 2.40. The summed E-state index contributed by atoms with van der Waals surface area (Å²) in [5, 5.41) is 0. The second-order valence-corrected chi connectivity index (χ2v) is 12.7. The highest BCUT2D eigenvalue weighted by molar-refractivity contribution is 5.32. The molecule has 2 unspecified atom stereocenters. The Morgan fingerprint density at radius 1 is 0.486 bits per heavy atom. The Morgan fingerprint density at radius 3 is 1.11 bits per heavy atom. The van der Waals surface area contributed by atoms with E-state index in [0.717, 1.165) is 23.7 Å². The van der Waals surface area contributed by atoms with Crippen molar-refractivity contribution in [3.05, 3.63) is 70.8 Å². The van der Waals surface area contributed by atoms with Gasteiger partial charge in [-0.05, 0) is 82.4 Å². The Labute approximate surface area is 235 Å². The summed E-state index contributed by atoms with van der Waals surface area (Å²) in [5.41, 5.74) is 5.88. The molecule has 2 atom stereocenters. The van der Waals surface area contributed by atoms with Gasteiger partial charge in [-0.2, -0.15) is 0 Å². The molecule has 0 saturated heterocycles. The zero-order chi connectivity index (χ0) is 26.7. The van der Waals surface area contributed by atoms with Crippen molar-refractivity contribution < 1.29 is 0 Å². The van der Waals surface area contributed by atoms with Gasteiger partial charge in [-0.1, -0.05) is 153 Å². The zero-order valence-corrected chi connectivity index (χ0v) is 25.4. The van der Waals surface area contributed by atoms with E-state index in [4.69, 9.17) is 0 Å². The molecular formula is C37H66. The first kappa shape index (κ1) is 37.6. The molecule has 1 fully saturated rings. The molecule has 1 aliphatic rings. The predicted octanol–water partition coefficient (Wildman–Crippen LogP) is 12.9. The largest absolute Gasteiger partial charge is 0.0776 e. The van der Waals surface area contributed by atoms with Gasteiger partial charge < -0.3 is 0 Å². The van der Waals surface area contributed by atoms with Crippen LogP contribution >= 0.6 is 0 Å². The van der Waals surface area contributed by atoms with E-state index in [0.29, 0.717) is 23.7 Å². The van der Waals surface area contributed by atoms with Crippen molar-refractivity contribution in [3.8, 4) is 0 Å². The second-order valence-electron chi connectivity index (χ2n) is 12.7. The van der Waals surface area contributed by atoms with Crippen LogP contribution in [-0.2, 0) is 0 Å². The van der Waals surface area contributed by atoms with E-state index in [1.165, 1.54) is 41.5 Å². The molecular weight excluding hydrogens is 444 g/mol. The van der Waals surface area contributed by atoms with Gasteiger partial charge >= 0.3 is 0 Å². The fraction of sp³-hybridized carbons (Fsp3) is 0.676. The third-order valence-corrected chi connectivity index (χ3v) is 7.82. The standard InChI is InChI=1S/2C12H18.C11H22.2CH4/c1-9(2)11-6-5-7-12(8-11)10(3)4;1-9(2)11-7-5-6-8-12(11)10(3)4;1-8(2)10-6-5-7-11(10)9(3)4;;/h2*5-10H,1-4H3;8-11H,5-7H2,1-4H3;2*1H4. The molecule has 37 heavy (non-hydrogen) atoms. The van der Waals surface area contributed by atoms with E-state index in [-0.39, 0.29) is 14.9 Å². The minimum absolute atomic E-state index is 0. The average molecular weight is 511 g/mol. The number of rotatable bonds is 6. The summed E-state index contributed by atoms with van der Waals surface area (Å²) in [6.07, 6.45) is 4.45. The van der Waals surface area contributed by atoms with Crippen LogP contribution < -0.4 is 0 Å². The lowest BCUT2D eigenvalue weighted by atomic mass is 9.80. The van der Waals surface area contributed by atoms with Crippen LogP contribution in [0.2, 0.25) is 0 Å². The highest BCUT2D eigenvalue weighted by atomic mass is 14.4. The van der Waals surface area contributed by atoms with Gasteiger partial charge in [-0.15, -0.1) is 0 Å². The molecule has 0 spiro atoms. The molecule has 0 bridgehead atoms. The van der Waals surface area contributed by atoms with E-state index >= 15 is 0 Å². The van der Waals surface area contributed by atoms with E-state index in [1.54, 1.807) is 0 Å². The summed E-state index contributed by atoms with van der Waals surface area (Å²) in [6, 6.07) is 17.6. The minimum Gasteiger partial charge on any atom is -0.0776 e. The molecule has 0 aliphatic heterocycles. The number of hydrogen-bond acceptors (Lipinski definition) is 0. The van der Waals surface area contributed by atoms with Crippen LogP contribution in [0.15, 0.2) is 48.5 Å². The van der Waals surface area contributed by atoms with Gasteiger partial charge in [0, 0.05) is 0 Å². The van der Waals surface area contributed by atoms with Crippen LogP contribution in [0.1, 0.15) is 163 Å². The molecule has 0 heteroatoms. The van der Waals surface area contributed by atoms with Crippen molar-refractivity contribution in [1.29, 1.82) is 0 Å². The van der Waals surface area contributed by atoms with E-state index in [2.05, 4.69) is 132 Å². The van der Waals surface area contributed by atoms with Crippen LogP contribution in [0, 0.1) is 23.7 Å². The maximum Gasteiger partial charge on any atom is -0.0216 e. The summed E-state index contributed by atoms with van der Waals surface area (Å²) in [4.78, 5) is 0. The lowest BCUT2D eigenvalue weighted by Crippen LogP contribution is -2.18.